The minimum atomic E-state index is -0.290. The molecule has 1 aromatic carbocycles. The highest BCUT2D eigenvalue weighted by Gasteiger charge is 2.27. The van der Waals surface area contributed by atoms with Crippen LogP contribution in [0, 0.1) is 5.92 Å². The van der Waals surface area contributed by atoms with Crippen LogP contribution in [0.1, 0.15) is 27.2 Å². The molecule has 0 radical (unpaired) electrons. The van der Waals surface area contributed by atoms with E-state index < -0.39 is 0 Å². The van der Waals surface area contributed by atoms with Crippen molar-refractivity contribution in [1.82, 2.24) is 5.32 Å². The smallest absolute Gasteiger partial charge is 0.265 e. The zero-order valence-corrected chi connectivity index (χ0v) is 14.2. The fourth-order valence-corrected chi connectivity index (χ4v) is 2.20. The lowest BCUT2D eigenvalue weighted by molar-refractivity contribution is -0.125. The van der Waals surface area contributed by atoms with Crippen LogP contribution in [-0.2, 0) is 14.4 Å². The van der Waals surface area contributed by atoms with Crippen molar-refractivity contribution in [3.05, 3.63) is 18.2 Å². The van der Waals surface area contributed by atoms with Crippen molar-refractivity contribution in [1.29, 1.82) is 0 Å². The van der Waals surface area contributed by atoms with Crippen LogP contribution in [0.3, 0.4) is 0 Å². The van der Waals surface area contributed by atoms with E-state index in [1.165, 1.54) is 4.90 Å². The summed E-state index contributed by atoms with van der Waals surface area (Å²) < 4.78 is 5.40. The number of fused-ring (bicyclic) bond motifs is 1. The second-order valence-electron chi connectivity index (χ2n) is 5.94. The second-order valence-corrected chi connectivity index (χ2v) is 5.94. The maximum Gasteiger partial charge on any atom is 0.265 e. The summed E-state index contributed by atoms with van der Waals surface area (Å²) in [7, 11) is 0. The van der Waals surface area contributed by atoms with Gasteiger partial charge in [0.25, 0.3) is 5.91 Å². The molecule has 1 aliphatic heterocycles. The van der Waals surface area contributed by atoms with Crippen molar-refractivity contribution in [2.45, 2.75) is 27.2 Å². The van der Waals surface area contributed by atoms with Crippen LogP contribution in [0.2, 0.25) is 0 Å². The van der Waals surface area contributed by atoms with E-state index in [0.29, 0.717) is 23.7 Å². The summed E-state index contributed by atoms with van der Waals surface area (Å²) >= 11 is 0. The highest BCUT2D eigenvalue weighted by Crippen LogP contribution is 2.34. The van der Waals surface area contributed by atoms with Gasteiger partial charge in [0, 0.05) is 18.2 Å². The molecule has 0 bridgehead atoms. The van der Waals surface area contributed by atoms with Crippen LogP contribution >= 0.6 is 0 Å². The zero-order valence-electron chi connectivity index (χ0n) is 14.2. The number of ether oxygens (including phenoxy) is 1. The van der Waals surface area contributed by atoms with E-state index in [0.717, 1.165) is 6.42 Å². The molecule has 0 saturated heterocycles. The van der Waals surface area contributed by atoms with Crippen LogP contribution < -0.4 is 20.3 Å². The van der Waals surface area contributed by atoms with E-state index in [4.69, 9.17) is 4.74 Å². The van der Waals surface area contributed by atoms with Gasteiger partial charge in [-0.15, -0.1) is 0 Å². The van der Waals surface area contributed by atoms with Crippen LogP contribution in [-0.4, -0.2) is 37.4 Å². The number of nitrogens with one attached hydrogen (secondary N) is 2. The molecule has 0 saturated carbocycles. The lowest BCUT2D eigenvalue weighted by Crippen LogP contribution is -2.45. The largest absolute Gasteiger partial charge is 0.482 e. The van der Waals surface area contributed by atoms with Gasteiger partial charge in [0.1, 0.15) is 12.3 Å². The molecule has 1 heterocycles. The molecule has 7 heteroatoms. The van der Waals surface area contributed by atoms with Gasteiger partial charge in [-0.2, -0.15) is 0 Å². The second kappa shape index (κ2) is 7.81. The molecule has 24 heavy (non-hydrogen) atoms. The number of hydrogen-bond acceptors (Lipinski definition) is 4. The maximum absolute atomic E-state index is 12.1. The van der Waals surface area contributed by atoms with Crippen LogP contribution in [0.15, 0.2) is 18.2 Å². The fourth-order valence-electron chi connectivity index (χ4n) is 2.20. The van der Waals surface area contributed by atoms with Crippen molar-refractivity contribution in [3.63, 3.8) is 0 Å². The molecule has 1 aliphatic rings. The number of nitrogens with zero attached hydrogens (tertiary/aromatic N) is 1. The number of amides is 3. The van der Waals surface area contributed by atoms with Crippen molar-refractivity contribution in [2.75, 3.05) is 29.9 Å². The van der Waals surface area contributed by atoms with Gasteiger partial charge in [-0.1, -0.05) is 20.8 Å². The van der Waals surface area contributed by atoms with E-state index in [9.17, 15) is 14.4 Å². The van der Waals surface area contributed by atoms with Crippen LogP contribution in [0.4, 0.5) is 11.4 Å². The minimum absolute atomic E-state index is 0.0726. The van der Waals surface area contributed by atoms with E-state index in [2.05, 4.69) is 10.6 Å². The number of carbonyl (C=O) groups excluding carboxylic acids is 3. The zero-order chi connectivity index (χ0) is 17.7. The fraction of sp³-hybridized carbons (Fsp3) is 0.471. The van der Waals surface area contributed by atoms with Gasteiger partial charge in [-0.05, 0) is 24.6 Å². The molecular formula is C17H23N3O4. The topological polar surface area (TPSA) is 87.7 Å². The van der Waals surface area contributed by atoms with Gasteiger partial charge in [-0.3, -0.25) is 19.3 Å². The Kier molecular flexibility index (Phi) is 5.78. The standard InChI is InChI=1S/C17H23N3O4/c1-4-7-18-15(21)9-20-13-8-12(19-17(23)11(2)3)5-6-14(13)24-10-16(20)22/h5-6,8,11H,4,7,9-10H2,1-3H3,(H,18,21)(H,19,23). The Balaban J connectivity index is 2.21. The highest BCUT2D eigenvalue weighted by atomic mass is 16.5. The third kappa shape index (κ3) is 4.24. The molecule has 0 spiro atoms. The number of benzene rings is 1. The lowest BCUT2D eigenvalue weighted by atomic mass is 10.1. The van der Waals surface area contributed by atoms with E-state index in [1.807, 2.05) is 6.92 Å². The average molecular weight is 333 g/mol. The number of carbonyl (C=O) groups is 3. The third-order valence-corrected chi connectivity index (χ3v) is 3.57. The molecule has 2 rings (SSSR count). The first kappa shape index (κ1) is 17.8. The number of hydrogen-bond donors (Lipinski definition) is 2. The first-order valence-corrected chi connectivity index (χ1v) is 8.07. The summed E-state index contributed by atoms with van der Waals surface area (Å²) in [6, 6.07) is 5.05. The number of anilines is 2. The summed E-state index contributed by atoms with van der Waals surface area (Å²) in [6.07, 6.45) is 0.824. The molecule has 0 atom stereocenters. The monoisotopic (exact) mass is 333 g/mol. The molecule has 1 aromatic rings. The van der Waals surface area contributed by atoms with Crippen molar-refractivity contribution in [3.8, 4) is 5.75 Å². The summed E-state index contributed by atoms with van der Waals surface area (Å²) in [6.45, 7) is 5.94. The molecule has 2 N–H and O–H groups in total. The maximum atomic E-state index is 12.1. The Bertz CT molecular complexity index is 643. The highest BCUT2D eigenvalue weighted by molar-refractivity contribution is 6.03. The van der Waals surface area contributed by atoms with Gasteiger partial charge in [0.05, 0.1) is 5.69 Å². The molecule has 0 aliphatic carbocycles. The quantitative estimate of drug-likeness (QED) is 0.826. The Morgan fingerprint density at radius 2 is 2.08 bits per heavy atom. The van der Waals surface area contributed by atoms with E-state index in [1.54, 1.807) is 32.0 Å². The Morgan fingerprint density at radius 3 is 2.75 bits per heavy atom. The van der Waals surface area contributed by atoms with Crippen molar-refractivity contribution < 1.29 is 19.1 Å². The molecule has 0 aromatic heterocycles. The normalized spacial score (nSPS) is 13.3. The first-order valence-electron chi connectivity index (χ1n) is 8.07. The molecule has 7 nitrogen and oxygen atoms in total. The SMILES string of the molecule is CCCNC(=O)CN1C(=O)COc2ccc(NC(=O)C(C)C)cc21. The van der Waals surface area contributed by atoms with Crippen LogP contribution in [0.25, 0.3) is 0 Å². The van der Waals surface area contributed by atoms with Gasteiger partial charge in [-0.25, -0.2) is 0 Å². The van der Waals surface area contributed by atoms with E-state index >= 15 is 0 Å². The Labute approximate surface area is 141 Å². The van der Waals surface area contributed by atoms with Gasteiger partial charge < -0.3 is 15.4 Å². The minimum Gasteiger partial charge on any atom is -0.482 e. The third-order valence-electron chi connectivity index (χ3n) is 3.57. The summed E-state index contributed by atoms with van der Waals surface area (Å²) in [4.78, 5) is 37.3. The average Bonchev–Trinajstić information content (AvgIpc) is 2.55. The predicted octanol–water partition coefficient (Wildman–Crippen LogP) is 1.53. The summed E-state index contributed by atoms with van der Waals surface area (Å²) in [5.74, 6) is -0.281. The van der Waals surface area contributed by atoms with Crippen molar-refractivity contribution >= 4 is 29.1 Å². The molecular weight excluding hydrogens is 310 g/mol. The van der Waals surface area contributed by atoms with E-state index in [-0.39, 0.29) is 36.8 Å². The predicted molar refractivity (Wildman–Crippen MR) is 91.1 cm³/mol. The molecule has 3 amide bonds. The van der Waals surface area contributed by atoms with Crippen molar-refractivity contribution in [2.24, 2.45) is 5.92 Å². The first-order chi connectivity index (χ1) is 11.4. The molecule has 0 fully saturated rings. The van der Waals surface area contributed by atoms with Gasteiger partial charge in [0.2, 0.25) is 11.8 Å². The Hall–Kier alpha value is -2.57. The Morgan fingerprint density at radius 1 is 1.33 bits per heavy atom. The summed E-state index contributed by atoms with van der Waals surface area (Å²) in [5, 5.41) is 5.53. The van der Waals surface area contributed by atoms with Gasteiger partial charge >= 0.3 is 0 Å². The lowest BCUT2D eigenvalue weighted by Gasteiger charge is -2.29. The summed E-state index contributed by atoms with van der Waals surface area (Å²) in [5.41, 5.74) is 1.05. The molecule has 130 valence electrons. The van der Waals surface area contributed by atoms with Crippen LogP contribution in [0.5, 0.6) is 5.75 Å². The molecule has 0 unspecified atom stereocenters. The number of rotatable bonds is 6. The van der Waals surface area contributed by atoms with Gasteiger partial charge in [0.15, 0.2) is 6.61 Å².